The van der Waals surface area contributed by atoms with Crippen LogP contribution in [0.1, 0.15) is 5.82 Å². The number of benzene rings is 4. The maximum absolute atomic E-state index is 6.35. The first-order valence-electron chi connectivity index (χ1n) is 12.4. The molecular weight excluding hydrogens is 665 g/mol. The molecule has 0 saturated heterocycles. The van der Waals surface area contributed by atoms with Gasteiger partial charge in [0.25, 0.3) is 0 Å². The van der Waals surface area contributed by atoms with Crippen LogP contribution in [0.15, 0.2) is 97.2 Å². The van der Waals surface area contributed by atoms with Crippen LogP contribution in [0.3, 0.4) is 0 Å². The van der Waals surface area contributed by atoms with Gasteiger partial charge in [-0.05, 0) is 42.0 Å². The smallest absolute Gasteiger partial charge is 0.503 e. The third kappa shape index (κ3) is 3.56. The molecule has 0 fully saturated rings. The van der Waals surface area contributed by atoms with Gasteiger partial charge >= 0.3 is 21.1 Å². The molecule has 8 rings (SSSR count). The van der Waals surface area contributed by atoms with Crippen molar-refractivity contribution in [3.05, 3.63) is 115 Å². The molecule has 0 atom stereocenters. The number of hydrogen-bond donors (Lipinski definition) is 0. The number of para-hydroxylation sites is 2. The molecule has 0 aliphatic heterocycles. The Bertz CT molecular complexity index is 2180. The van der Waals surface area contributed by atoms with E-state index in [1.807, 2.05) is 55.5 Å². The van der Waals surface area contributed by atoms with Gasteiger partial charge in [0.1, 0.15) is 11.6 Å². The zero-order chi connectivity index (χ0) is 25.2. The number of pyridine rings is 2. The molecule has 0 aliphatic rings. The minimum atomic E-state index is 0. The number of fused-ring (bicyclic) bond motifs is 9. The van der Waals surface area contributed by atoms with Gasteiger partial charge in [0.2, 0.25) is 0 Å². The van der Waals surface area contributed by atoms with E-state index in [0.29, 0.717) is 11.5 Å². The second-order valence-electron chi connectivity index (χ2n) is 9.26. The molecule has 0 bridgehead atoms. The summed E-state index contributed by atoms with van der Waals surface area (Å²) in [5.41, 5.74) is 3.81. The first-order valence-corrected chi connectivity index (χ1v) is 12.4. The summed E-state index contributed by atoms with van der Waals surface area (Å²) < 4.78 is 10.5. The normalized spacial score (nSPS) is 11.5. The zero-order valence-corrected chi connectivity index (χ0v) is 23.0. The third-order valence-electron chi connectivity index (χ3n) is 7.06. The quantitative estimate of drug-likeness (QED) is 0.146. The van der Waals surface area contributed by atoms with Crippen molar-refractivity contribution in [2.75, 3.05) is 0 Å². The van der Waals surface area contributed by atoms with Crippen molar-refractivity contribution < 1.29 is 25.8 Å². The monoisotopic (exact) mass is 684 g/mol. The molecule has 0 radical (unpaired) electrons. The number of hydrogen-bond acceptors (Lipinski definition) is 4. The molecule has 4 aromatic carbocycles. The SMILES string of the molecule is Cc1nnc2c3[c-]c(Oc4[c-]c5c(cc4)c4ccccc4n5-c4ccccn4)ccc3c3ccccc3n12.[Pt+2]. The Hall–Kier alpha value is -4.54. The zero-order valence-electron chi connectivity index (χ0n) is 20.7. The Balaban J connectivity index is 0.00000253. The maximum Gasteiger partial charge on any atom is 2.00 e. The average Bonchev–Trinajstić information content (AvgIpc) is 3.51. The van der Waals surface area contributed by atoms with E-state index in [1.54, 1.807) is 6.20 Å². The van der Waals surface area contributed by atoms with Gasteiger partial charge < -0.3 is 13.7 Å². The molecule has 4 heterocycles. The number of aromatic nitrogens is 5. The van der Waals surface area contributed by atoms with Gasteiger partial charge in [0, 0.05) is 28.7 Å². The third-order valence-corrected chi connectivity index (χ3v) is 7.06. The first kappa shape index (κ1) is 23.6. The van der Waals surface area contributed by atoms with Crippen LogP contribution in [0.25, 0.3) is 54.9 Å². The molecule has 8 aromatic rings. The Morgan fingerprint density at radius 3 is 2.15 bits per heavy atom. The van der Waals surface area contributed by atoms with Crippen LogP contribution in [-0.2, 0) is 21.1 Å². The van der Waals surface area contributed by atoms with Gasteiger partial charge in [-0.1, -0.05) is 64.8 Å². The van der Waals surface area contributed by atoms with E-state index in [1.165, 1.54) is 0 Å². The summed E-state index contributed by atoms with van der Waals surface area (Å²) in [4.78, 5) is 4.61. The van der Waals surface area contributed by atoms with Crippen molar-refractivity contribution in [2.24, 2.45) is 0 Å². The van der Waals surface area contributed by atoms with Crippen LogP contribution in [0.2, 0.25) is 0 Å². The molecular formula is C32H19N5OPt. The summed E-state index contributed by atoms with van der Waals surface area (Å²) >= 11 is 0. The number of rotatable bonds is 3. The van der Waals surface area contributed by atoms with E-state index >= 15 is 0 Å². The standard InChI is InChI=1S/C32H19N5O.Pt/c1-20-34-35-32-27-18-21(13-15-23(27)24-8-2-4-10-28(24)36(20)32)38-22-14-16-26-25-9-3-5-11-29(25)37(30(26)19-22)31-12-6-7-17-33-31;/h2-17H,1H3;/q-2;+2. The Morgan fingerprint density at radius 1 is 0.667 bits per heavy atom. The molecule has 0 N–H and O–H groups in total. The van der Waals surface area contributed by atoms with Gasteiger partial charge in [0.05, 0.1) is 5.65 Å². The van der Waals surface area contributed by atoms with Crippen molar-refractivity contribution in [2.45, 2.75) is 6.92 Å². The van der Waals surface area contributed by atoms with Crippen molar-refractivity contribution in [1.82, 2.24) is 24.1 Å². The van der Waals surface area contributed by atoms with Gasteiger partial charge in [-0.2, -0.15) is 11.2 Å². The molecule has 7 heteroatoms. The van der Waals surface area contributed by atoms with Crippen LogP contribution in [0.5, 0.6) is 11.5 Å². The van der Waals surface area contributed by atoms with E-state index in [9.17, 15) is 0 Å². The minimum absolute atomic E-state index is 0. The van der Waals surface area contributed by atoms with Crippen molar-refractivity contribution >= 4 is 49.1 Å². The summed E-state index contributed by atoms with van der Waals surface area (Å²) in [7, 11) is 0. The van der Waals surface area contributed by atoms with E-state index in [2.05, 4.69) is 78.7 Å². The van der Waals surface area contributed by atoms with Crippen LogP contribution in [0, 0.1) is 19.1 Å². The predicted molar refractivity (Wildman–Crippen MR) is 149 cm³/mol. The fraction of sp³-hybridized carbons (Fsp3) is 0.0312. The Kier molecular flexibility index (Phi) is 5.46. The van der Waals surface area contributed by atoms with E-state index in [4.69, 9.17) is 4.74 Å². The first-order chi connectivity index (χ1) is 18.8. The molecule has 6 nitrogen and oxygen atoms in total. The van der Waals surface area contributed by atoms with E-state index < -0.39 is 0 Å². The number of aryl methyl sites for hydroxylation is 1. The van der Waals surface area contributed by atoms with Crippen molar-refractivity contribution in [3.8, 4) is 17.3 Å². The summed E-state index contributed by atoms with van der Waals surface area (Å²) in [6.07, 6.45) is 1.80. The van der Waals surface area contributed by atoms with Crippen LogP contribution in [0.4, 0.5) is 0 Å². The topological polar surface area (TPSA) is 57.2 Å². The molecule has 4 aromatic heterocycles. The van der Waals surface area contributed by atoms with E-state index in [0.717, 1.165) is 60.8 Å². The van der Waals surface area contributed by atoms with Crippen molar-refractivity contribution in [1.29, 1.82) is 0 Å². The summed E-state index contributed by atoms with van der Waals surface area (Å²) in [5.74, 6) is 2.86. The van der Waals surface area contributed by atoms with Gasteiger partial charge in [0.15, 0.2) is 0 Å². The van der Waals surface area contributed by atoms with Crippen molar-refractivity contribution in [3.63, 3.8) is 0 Å². The van der Waals surface area contributed by atoms with Gasteiger partial charge in [-0.25, -0.2) is 4.98 Å². The van der Waals surface area contributed by atoms with E-state index in [-0.39, 0.29) is 21.1 Å². The van der Waals surface area contributed by atoms with Gasteiger partial charge in [-0.15, -0.1) is 34.8 Å². The molecule has 39 heavy (non-hydrogen) atoms. The fourth-order valence-corrected chi connectivity index (χ4v) is 5.42. The van der Waals surface area contributed by atoms with Crippen LogP contribution >= 0.6 is 0 Å². The summed E-state index contributed by atoms with van der Waals surface area (Å²) in [6, 6.07) is 37.5. The second kappa shape index (κ2) is 9.04. The number of nitrogens with zero attached hydrogens (tertiary/aromatic N) is 5. The molecule has 0 saturated carbocycles. The fourth-order valence-electron chi connectivity index (χ4n) is 5.42. The van der Waals surface area contributed by atoms with Crippen LogP contribution in [-0.4, -0.2) is 24.1 Å². The average molecular weight is 685 g/mol. The minimum Gasteiger partial charge on any atom is -0.503 e. The Labute approximate surface area is 237 Å². The number of ether oxygens (including phenoxy) is 1. The summed E-state index contributed by atoms with van der Waals surface area (Å²) in [6.45, 7) is 1.96. The predicted octanol–water partition coefficient (Wildman–Crippen LogP) is 7.23. The maximum atomic E-state index is 6.35. The summed E-state index contributed by atoms with van der Waals surface area (Å²) in [5, 5.41) is 14.1. The largest absolute Gasteiger partial charge is 2.00 e. The molecule has 0 unspecified atom stereocenters. The second-order valence-corrected chi connectivity index (χ2v) is 9.26. The van der Waals surface area contributed by atoms with Gasteiger partial charge in [-0.3, -0.25) is 0 Å². The molecule has 188 valence electrons. The molecule has 0 aliphatic carbocycles. The Morgan fingerprint density at radius 2 is 1.36 bits per heavy atom. The van der Waals surface area contributed by atoms with Crippen LogP contribution < -0.4 is 4.74 Å². The molecule has 0 spiro atoms. The molecule has 0 amide bonds.